The lowest BCUT2D eigenvalue weighted by Crippen LogP contribution is -2.39. The van der Waals surface area contributed by atoms with Crippen molar-refractivity contribution in [3.05, 3.63) is 24.3 Å². The molecule has 1 aromatic carbocycles. The number of thioether (sulfide) groups is 1. The van der Waals surface area contributed by atoms with E-state index in [1.165, 1.54) is 37.6 Å². The SMILES string of the molecule is C[C@H]1CCCCN1CCCNC(=O)C[C@H]1Sc2ccccc2NC1=O. The van der Waals surface area contributed by atoms with E-state index in [-0.39, 0.29) is 23.5 Å². The Hall–Kier alpha value is -1.53. The predicted molar refractivity (Wildman–Crippen MR) is 102 cm³/mol. The van der Waals surface area contributed by atoms with E-state index < -0.39 is 0 Å². The van der Waals surface area contributed by atoms with Crippen LogP contribution in [0, 0.1) is 0 Å². The molecule has 2 amide bonds. The third-order valence-corrected chi connectivity index (χ3v) is 6.24. The average molecular weight is 362 g/mol. The van der Waals surface area contributed by atoms with Crippen molar-refractivity contribution in [2.75, 3.05) is 25.0 Å². The molecule has 2 atom stereocenters. The fraction of sp³-hybridized carbons (Fsp3) is 0.579. The van der Waals surface area contributed by atoms with Gasteiger partial charge in [0.1, 0.15) is 0 Å². The Kier molecular flexibility index (Phi) is 6.37. The van der Waals surface area contributed by atoms with Gasteiger partial charge in [-0.05, 0) is 44.9 Å². The molecule has 0 radical (unpaired) electrons. The van der Waals surface area contributed by atoms with Crippen LogP contribution in [0.4, 0.5) is 5.69 Å². The summed E-state index contributed by atoms with van der Waals surface area (Å²) in [4.78, 5) is 27.9. The molecule has 0 spiro atoms. The second kappa shape index (κ2) is 8.72. The number of nitrogens with zero attached hydrogens (tertiary/aromatic N) is 1. The first-order chi connectivity index (χ1) is 12.1. The molecule has 1 aromatic rings. The number of likely N-dealkylation sites (tertiary alicyclic amines) is 1. The molecule has 0 aliphatic carbocycles. The molecular formula is C19H27N3O2S. The second-order valence-corrected chi connectivity index (χ2v) is 8.12. The lowest BCUT2D eigenvalue weighted by atomic mass is 10.0. The van der Waals surface area contributed by atoms with Gasteiger partial charge in [0.2, 0.25) is 11.8 Å². The second-order valence-electron chi connectivity index (χ2n) is 6.88. The van der Waals surface area contributed by atoms with Gasteiger partial charge in [0.05, 0.1) is 10.9 Å². The Morgan fingerprint density at radius 2 is 2.20 bits per heavy atom. The number of piperidine rings is 1. The van der Waals surface area contributed by atoms with E-state index in [0.717, 1.165) is 23.5 Å². The number of rotatable bonds is 6. The van der Waals surface area contributed by atoms with Gasteiger partial charge in [-0.1, -0.05) is 18.6 Å². The van der Waals surface area contributed by atoms with Crippen LogP contribution in [0.25, 0.3) is 0 Å². The maximum absolute atomic E-state index is 12.2. The summed E-state index contributed by atoms with van der Waals surface area (Å²) in [6.45, 7) is 5.17. The summed E-state index contributed by atoms with van der Waals surface area (Å²) in [5.41, 5.74) is 0.838. The first-order valence-electron chi connectivity index (χ1n) is 9.21. The zero-order chi connectivity index (χ0) is 17.6. The fourth-order valence-electron chi connectivity index (χ4n) is 3.47. The van der Waals surface area contributed by atoms with Crippen LogP contribution in [0.3, 0.4) is 0 Å². The van der Waals surface area contributed by atoms with Crippen molar-refractivity contribution in [1.82, 2.24) is 10.2 Å². The molecule has 136 valence electrons. The Bertz CT molecular complexity index is 622. The molecule has 0 unspecified atom stereocenters. The lowest BCUT2D eigenvalue weighted by Gasteiger charge is -2.33. The molecule has 25 heavy (non-hydrogen) atoms. The average Bonchev–Trinajstić information content (AvgIpc) is 2.61. The van der Waals surface area contributed by atoms with Crippen LogP contribution in [-0.4, -0.2) is 47.6 Å². The number of benzene rings is 1. The van der Waals surface area contributed by atoms with Gasteiger partial charge in [0.15, 0.2) is 0 Å². The third kappa shape index (κ3) is 4.98. The van der Waals surface area contributed by atoms with E-state index in [4.69, 9.17) is 0 Å². The number of anilines is 1. The van der Waals surface area contributed by atoms with Crippen molar-refractivity contribution in [2.24, 2.45) is 0 Å². The highest BCUT2D eigenvalue weighted by molar-refractivity contribution is 8.01. The molecule has 0 bridgehead atoms. The van der Waals surface area contributed by atoms with Crippen LogP contribution in [0.2, 0.25) is 0 Å². The van der Waals surface area contributed by atoms with Crippen molar-refractivity contribution in [1.29, 1.82) is 0 Å². The summed E-state index contributed by atoms with van der Waals surface area (Å²) in [7, 11) is 0. The van der Waals surface area contributed by atoms with Crippen LogP contribution >= 0.6 is 11.8 Å². The monoisotopic (exact) mass is 361 g/mol. The smallest absolute Gasteiger partial charge is 0.238 e. The minimum atomic E-state index is -0.350. The van der Waals surface area contributed by atoms with E-state index in [9.17, 15) is 9.59 Å². The largest absolute Gasteiger partial charge is 0.356 e. The summed E-state index contributed by atoms with van der Waals surface area (Å²) in [5, 5.41) is 5.50. The highest BCUT2D eigenvalue weighted by Gasteiger charge is 2.28. The number of nitrogens with one attached hydrogen (secondary N) is 2. The van der Waals surface area contributed by atoms with E-state index >= 15 is 0 Å². The zero-order valence-electron chi connectivity index (χ0n) is 14.8. The summed E-state index contributed by atoms with van der Waals surface area (Å²) in [5.74, 6) is -0.125. The fourth-order valence-corrected chi connectivity index (χ4v) is 4.58. The Morgan fingerprint density at radius 1 is 1.36 bits per heavy atom. The van der Waals surface area contributed by atoms with Gasteiger partial charge < -0.3 is 15.5 Å². The zero-order valence-corrected chi connectivity index (χ0v) is 15.6. The number of carbonyl (C=O) groups is 2. The molecule has 2 aliphatic rings. The number of amides is 2. The predicted octanol–water partition coefficient (Wildman–Crippen LogP) is 2.87. The Labute approximate surface area is 153 Å². The van der Waals surface area contributed by atoms with E-state index in [2.05, 4.69) is 22.5 Å². The molecular weight excluding hydrogens is 334 g/mol. The van der Waals surface area contributed by atoms with Crippen LogP contribution < -0.4 is 10.6 Å². The number of hydrogen-bond donors (Lipinski definition) is 2. The van der Waals surface area contributed by atoms with Crippen molar-refractivity contribution in [3.8, 4) is 0 Å². The summed E-state index contributed by atoms with van der Waals surface area (Å²) in [6, 6.07) is 8.37. The van der Waals surface area contributed by atoms with Crippen molar-refractivity contribution in [3.63, 3.8) is 0 Å². The first kappa shape index (κ1) is 18.3. The number of para-hydroxylation sites is 1. The van der Waals surface area contributed by atoms with Gasteiger partial charge in [-0.2, -0.15) is 0 Å². The topological polar surface area (TPSA) is 61.4 Å². The summed E-state index contributed by atoms with van der Waals surface area (Å²) < 4.78 is 0. The molecule has 1 fully saturated rings. The number of hydrogen-bond acceptors (Lipinski definition) is 4. The Morgan fingerprint density at radius 3 is 3.04 bits per heavy atom. The molecule has 2 aliphatic heterocycles. The van der Waals surface area contributed by atoms with Gasteiger partial charge in [-0.25, -0.2) is 0 Å². The van der Waals surface area contributed by atoms with Crippen LogP contribution in [0.5, 0.6) is 0 Å². The third-order valence-electron chi connectivity index (χ3n) is 4.96. The molecule has 1 saturated heterocycles. The van der Waals surface area contributed by atoms with Gasteiger partial charge >= 0.3 is 0 Å². The van der Waals surface area contributed by atoms with Gasteiger partial charge in [-0.3, -0.25) is 9.59 Å². The van der Waals surface area contributed by atoms with Crippen molar-refractivity contribution >= 4 is 29.3 Å². The van der Waals surface area contributed by atoms with Gasteiger partial charge in [0, 0.05) is 30.4 Å². The van der Waals surface area contributed by atoms with Crippen molar-refractivity contribution in [2.45, 2.75) is 55.2 Å². The van der Waals surface area contributed by atoms with E-state index in [1.807, 2.05) is 24.3 Å². The molecule has 0 aromatic heterocycles. The molecule has 2 heterocycles. The number of fused-ring (bicyclic) bond motifs is 1. The van der Waals surface area contributed by atoms with Gasteiger partial charge in [-0.15, -0.1) is 11.8 Å². The van der Waals surface area contributed by atoms with Crippen LogP contribution in [-0.2, 0) is 9.59 Å². The summed E-state index contributed by atoms with van der Waals surface area (Å²) in [6.07, 6.45) is 5.08. The molecule has 5 nitrogen and oxygen atoms in total. The number of carbonyl (C=O) groups excluding carboxylic acids is 2. The highest BCUT2D eigenvalue weighted by Crippen LogP contribution is 2.36. The van der Waals surface area contributed by atoms with Crippen molar-refractivity contribution < 1.29 is 9.59 Å². The maximum atomic E-state index is 12.2. The summed E-state index contributed by atoms with van der Waals surface area (Å²) >= 11 is 1.47. The minimum absolute atomic E-state index is 0.0428. The molecule has 2 N–H and O–H groups in total. The highest BCUT2D eigenvalue weighted by atomic mass is 32.2. The van der Waals surface area contributed by atoms with Crippen LogP contribution in [0.15, 0.2) is 29.2 Å². The maximum Gasteiger partial charge on any atom is 0.238 e. The Balaban J connectivity index is 1.38. The lowest BCUT2D eigenvalue weighted by molar-refractivity contribution is -0.124. The first-order valence-corrected chi connectivity index (χ1v) is 10.1. The van der Waals surface area contributed by atoms with Gasteiger partial charge in [0.25, 0.3) is 0 Å². The minimum Gasteiger partial charge on any atom is -0.356 e. The quantitative estimate of drug-likeness (QED) is 0.765. The van der Waals surface area contributed by atoms with E-state index in [1.54, 1.807) is 0 Å². The normalized spacial score (nSPS) is 23.6. The van der Waals surface area contributed by atoms with Crippen LogP contribution in [0.1, 0.15) is 39.0 Å². The molecule has 0 saturated carbocycles. The molecule has 6 heteroatoms. The molecule has 3 rings (SSSR count). The van der Waals surface area contributed by atoms with E-state index in [0.29, 0.717) is 12.6 Å². The standard InChI is InChI=1S/C19H27N3O2S/c1-14-7-4-5-11-22(14)12-6-10-20-18(23)13-17-19(24)21-15-8-2-3-9-16(15)25-17/h2-3,8-9,14,17H,4-7,10-13H2,1H3,(H,20,23)(H,21,24)/t14-,17+/m0/s1.